The van der Waals surface area contributed by atoms with E-state index in [2.05, 4.69) is 49.3 Å². The van der Waals surface area contributed by atoms with E-state index in [-0.39, 0.29) is 29.4 Å². The van der Waals surface area contributed by atoms with Gasteiger partial charge in [0.15, 0.2) is 0 Å². The predicted molar refractivity (Wildman–Crippen MR) is 95.9 cm³/mol. The molecular weight excluding hydrogens is 316 g/mol. The van der Waals surface area contributed by atoms with Gasteiger partial charge >= 0.3 is 5.97 Å². The summed E-state index contributed by atoms with van der Waals surface area (Å²) in [5.74, 6) is -0.254. The Balaban J connectivity index is 1.74. The van der Waals surface area contributed by atoms with Gasteiger partial charge in [0.25, 0.3) is 0 Å². The Morgan fingerprint density at radius 3 is 2.36 bits per heavy atom. The number of nitrogens with zero attached hydrogens (tertiary/aromatic N) is 2. The summed E-state index contributed by atoms with van der Waals surface area (Å²) < 4.78 is 4.72. The van der Waals surface area contributed by atoms with Crippen LogP contribution in [0.4, 0.5) is 0 Å². The van der Waals surface area contributed by atoms with Gasteiger partial charge in [-0.1, -0.05) is 30.3 Å². The van der Waals surface area contributed by atoms with Crippen molar-refractivity contribution in [3.8, 4) is 0 Å². The molecule has 25 heavy (non-hydrogen) atoms. The molecule has 5 heteroatoms. The quantitative estimate of drug-likeness (QED) is 0.787. The minimum absolute atomic E-state index is 0.0133. The van der Waals surface area contributed by atoms with Gasteiger partial charge in [-0.15, -0.1) is 0 Å². The minimum Gasteiger partial charge on any atom is -0.468 e. The molecule has 1 saturated carbocycles. The van der Waals surface area contributed by atoms with Gasteiger partial charge in [0, 0.05) is 18.5 Å². The number of methoxy groups -OCH3 is 1. The molecule has 2 fully saturated rings. The van der Waals surface area contributed by atoms with E-state index >= 15 is 0 Å². The second-order valence-electron chi connectivity index (χ2n) is 7.79. The number of ether oxygens (including phenoxy) is 1. The van der Waals surface area contributed by atoms with Gasteiger partial charge in [-0.25, -0.2) is 0 Å². The molecule has 1 aromatic rings. The standard InChI is InChI=1S/C20H28N2O3/c1-21(2)20(16-7-5-4-6-8-16)11-9-19(10-12-20)13-17(23)22(15-19)14-18(24)25-3/h4-8H,9-15H2,1-3H3. The Labute approximate surface area is 149 Å². The SMILES string of the molecule is COC(=O)CN1CC2(CCC(c3ccccc3)(N(C)C)CC2)CC1=O. The lowest BCUT2D eigenvalue weighted by atomic mass is 9.64. The van der Waals surface area contributed by atoms with E-state index < -0.39 is 0 Å². The molecule has 0 radical (unpaired) electrons. The highest BCUT2D eigenvalue weighted by Crippen LogP contribution is 2.51. The van der Waals surface area contributed by atoms with Crippen LogP contribution in [0, 0.1) is 5.41 Å². The van der Waals surface area contributed by atoms with Crippen molar-refractivity contribution in [1.82, 2.24) is 9.80 Å². The molecule has 3 rings (SSSR count). The maximum Gasteiger partial charge on any atom is 0.325 e. The van der Waals surface area contributed by atoms with Crippen molar-refractivity contribution in [1.29, 1.82) is 0 Å². The van der Waals surface area contributed by atoms with Crippen LogP contribution in [-0.2, 0) is 19.9 Å². The third-order valence-electron chi connectivity index (χ3n) is 6.26. The van der Waals surface area contributed by atoms with Crippen molar-refractivity contribution < 1.29 is 14.3 Å². The molecular formula is C20H28N2O3. The van der Waals surface area contributed by atoms with E-state index in [1.165, 1.54) is 12.7 Å². The van der Waals surface area contributed by atoms with E-state index in [9.17, 15) is 9.59 Å². The molecule has 1 aliphatic heterocycles. The summed E-state index contributed by atoms with van der Waals surface area (Å²) in [6.45, 7) is 0.758. The Morgan fingerprint density at radius 1 is 1.16 bits per heavy atom. The van der Waals surface area contributed by atoms with E-state index in [4.69, 9.17) is 4.74 Å². The summed E-state index contributed by atoms with van der Waals surface area (Å²) in [6, 6.07) is 10.7. The van der Waals surface area contributed by atoms with E-state index in [0.29, 0.717) is 13.0 Å². The molecule has 1 spiro atoms. The Hall–Kier alpha value is -1.88. The van der Waals surface area contributed by atoms with Gasteiger partial charge in [-0.3, -0.25) is 14.5 Å². The van der Waals surface area contributed by atoms with Crippen LogP contribution in [0.1, 0.15) is 37.7 Å². The lowest BCUT2D eigenvalue weighted by molar-refractivity contribution is -0.145. The molecule has 2 aliphatic rings. The second-order valence-corrected chi connectivity index (χ2v) is 7.79. The number of likely N-dealkylation sites (tertiary alicyclic amines) is 1. The first-order valence-corrected chi connectivity index (χ1v) is 8.98. The highest BCUT2D eigenvalue weighted by Gasteiger charge is 2.50. The fraction of sp³-hybridized carbons (Fsp3) is 0.600. The van der Waals surface area contributed by atoms with Gasteiger partial charge in [0.2, 0.25) is 5.91 Å². The summed E-state index contributed by atoms with van der Waals surface area (Å²) in [4.78, 5) is 27.9. The molecule has 0 unspecified atom stereocenters. The lowest BCUT2D eigenvalue weighted by Gasteiger charge is -2.48. The van der Waals surface area contributed by atoms with Crippen molar-refractivity contribution in [3.63, 3.8) is 0 Å². The Bertz CT molecular complexity index is 634. The molecule has 1 heterocycles. The van der Waals surface area contributed by atoms with Gasteiger partial charge in [0.1, 0.15) is 6.54 Å². The number of amides is 1. The average molecular weight is 344 g/mol. The Morgan fingerprint density at radius 2 is 1.80 bits per heavy atom. The lowest BCUT2D eigenvalue weighted by Crippen LogP contribution is -2.47. The van der Waals surface area contributed by atoms with Gasteiger partial charge < -0.3 is 9.64 Å². The van der Waals surface area contributed by atoms with Gasteiger partial charge in [-0.05, 0) is 50.8 Å². The summed E-state index contributed by atoms with van der Waals surface area (Å²) in [5, 5.41) is 0. The van der Waals surface area contributed by atoms with Crippen molar-refractivity contribution >= 4 is 11.9 Å². The highest BCUT2D eigenvalue weighted by atomic mass is 16.5. The molecule has 1 aliphatic carbocycles. The molecule has 5 nitrogen and oxygen atoms in total. The number of carbonyl (C=O) groups excluding carboxylic acids is 2. The maximum atomic E-state index is 12.4. The molecule has 1 amide bonds. The molecule has 0 bridgehead atoms. The zero-order valence-corrected chi connectivity index (χ0v) is 15.5. The molecule has 1 aromatic carbocycles. The minimum atomic E-state index is -0.340. The van der Waals surface area contributed by atoms with Crippen LogP contribution < -0.4 is 0 Å². The first-order valence-electron chi connectivity index (χ1n) is 8.98. The van der Waals surface area contributed by atoms with Gasteiger partial charge in [-0.2, -0.15) is 0 Å². The number of hydrogen-bond donors (Lipinski definition) is 0. The van der Waals surface area contributed by atoms with Crippen LogP contribution >= 0.6 is 0 Å². The molecule has 1 saturated heterocycles. The smallest absolute Gasteiger partial charge is 0.325 e. The monoisotopic (exact) mass is 344 g/mol. The fourth-order valence-electron chi connectivity index (χ4n) is 4.62. The van der Waals surface area contributed by atoms with Crippen LogP contribution in [0.5, 0.6) is 0 Å². The highest BCUT2D eigenvalue weighted by molar-refractivity contribution is 5.84. The molecule has 136 valence electrons. The third kappa shape index (κ3) is 3.30. The molecule has 0 aromatic heterocycles. The first kappa shape index (κ1) is 17.9. The number of carbonyl (C=O) groups is 2. The second kappa shape index (κ2) is 6.79. The van der Waals surface area contributed by atoms with Crippen molar-refractivity contribution in [2.24, 2.45) is 5.41 Å². The van der Waals surface area contributed by atoms with Crippen LogP contribution in [0.25, 0.3) is 0 Å². The summed E-state index contributed by atoms with van der Waals surface area (Å²) in [5.41, 5.74) is 1.40. The number of rotatable bonds is 4. The van der Waals surface area contributed by atoms with Crippen molar-refractivity contribution in [2.45, 2.75) is 37.6 Å². The summed E-state index contributed by atoms with van der Waals surface area (Å²) in [7, 11) is 5.66. The zero-order chi connectivity index (χ0) is 18.1. The zero-order valence-electron chi connectivity index (χ0n) is 15.5. The predicted octanol–water partition coefficient (Wildman–Crippen LogP) is 2.41. The number of hydrogen-bond acceptors (Lipinski definition) is 4. The first-order chi connectivity index (χ1) is 11.9. The van der Waals surface area contributed by atoms with Crippen LogP contribution in [0.2, 0.25) is 0 Å². The van der Waals surface area contributed by atoms with Gasteiger partial charge in [0.05, 0.1) is 7.11 Å². The normalized spacial score (nSPS) is 29.4. The average Bonchev–Trinajstić information content (AvgIpc) is 2.91. The summed E-state index contributed by atoms with van der Waals surface area (Å²) in [6.07, 6.45) is 4.63. The van der Waals surface area contributed by atoms with Crippen molar-refractivity contribution in [2.75, 3.05) is 34.3 Å². The molecule has 0 atom stereocenters. The van der Waals surface area contributed by atoms with Crippen molar-refractivity contribution in [3.05, 3.63) is 35.9 Å². The molecule has 0 N–H and O–H groups in total. The topological polar surface area (TPSA) is 49.9 Å². The van der Waals surface area contributed by atoms with E-state index in [0.717, 1.165) is 25.7 Å². The van der Waals surface area contributed by atoms with E-state index in [1.807, 2.05) is 0 Å². The number of esters is 1. The number of benzene rings is 1. The van der Waals surface area contributed by atoms with Crippen LogP contribution in [-0.4, -0.2) is 56.0 Å². The van der Waals surface area contributed by atoms with Crippen LogP contribution in [0.3, 0.4) is 0 Å². The summed E-state index contributed by atoms with van der Waals surface area (Å²) >= 11 is 0. The fourth-order valence-corrected chi connectivity index (χ4v) is 4.62. The largest absolute Gasteiger partial charge is 0.468 e. The van der Waals surface area contributed by atoms with Crippen LogP contribution in [0.15, 0.2) is 30.3 Å². The third-order valence-corrected chi connectivity index (χ3v) is 6.26. The maximum absolute atomic E-state index is 12.4. The van der Waals surface area contributed by atoms with E-state index in [1.54, 1.807) is 4.90 Å². The Kier molecular flexibility index (Phi) is 4.87.